The normalized spacial score (nSPS) is 12.9. The molecule has 1 aliphatic rings. The number of fused-ring (bicyclic) bond motifs is 1. The molecule has 2 N–H and O–H groups in total. The summed E-state index contributed by atoms with van der Waals surface area (Å²) in [6.45, 7) is 6.80. The van der Waals surface area contributed by atoms with Crippen LogP contribution < -0.4 is 10.6 Å². The topological polar surface area (TPSA) is 79.4 Å². The van der Waals surface area contributed by atoms with Crippen molar-refractivity contribution in [1.82, 2.24) is 14.9 Å². The van der Waals surface area contributed by atoms with Crippen molar-refractivity contribution in [3.05, 3.63) is 89.5 Å². The number of anilines is 3. The molecule has 1 aromatic heterocycles. The molecule has 2 heterocycles. The van der Waals surface area contributed by atoms with Gasteiger partial charge in [0.05, 0.1) is 18.5 Å². The Morgan fingerprint density at radius 1 is 1.21 bits per heavy atom. The molecular weight excluding hydrogens is 421 g/mol. The summed E-state index contributed by atoms with van der Waals surface area (Å²) in [5, 5.41) is 5.89. The first kappa shape index (κ1) is 22.6. The summed E-state index contributed by atoms with van der Waals surface area (Å²) >= 11 is 0. The van der Waals surface area contributed by atoms with Gasteiger partial charge >= 0.3 is 0 Å². The van der Waals surface area contributed by atoms with Gasteiger partial charge in [-0.2, -0.15) is 0 Å². The van der Waals surface area contributed by atoms with Gasteiger partial charge in [-0.1, -0.05) is 24.8 Å². The first-order valence-electron chi connectivity index (χ1n) is 10.7. The summed E-state index contributed by atoms with van der Waals surface area (Å²) in [5.74, 6) is -0.455. The van der Waals surface area contributed by atoms with E-state index in [0.717, 1.165) is 30.9 Å². The lowest BCUT2D eigenvalue weighted by atomic mass is 10.1. The molecule has 1 aliphatic heterocycles. The monoisotopic (exact) mass is 447 g/mol. The highest BCUT2D eigenvalue weighted by Gasteiger charge is 2.19. The maximum absolute atomic E-state index is 14.4. The van der Waals surface area contributed by atoms with Gasteiger partial charge in [-0.25, -0.2) is 14.4 Å². The fourth-order valence-electron chi connectivity index (χ4n) is 3.78. The molecular formula is C25H26FN5O2. The van der Waals surface area contributed by atoms with Gasteiger partial charge in [0.25, 0.3) is 0 Å². The average molecular weight is 448 g/mol. The number of nitrogens with one attached hydrogen (secondary N) is 2. The maximum Gasteiger partial charge on any atom is 0.247 e. The van der Waals surface area contributed by atoms with Crippen LogP contribution in [0.4, 0.5) is 21.7 Å². The van der Waals surface area contributed by atoms with E-state index in [2.05, 4.69) is 44.2 Å². The highest BCUT2D eigenvalue weighted by atomic mass is 19.1. The predicted octanol–water partition coefficient (Wildman–Crippen LogP) is 4.04. The molecule has 0 atom stereocenters. The molecule has 0 unspecified atom stereocenters. The number of hydrogen-bond acceptors (Lipinski definition) is 6. The Hall–Kier alpha value is -3.62. The van der Waals surface area contributed by atoms with E-state index in [1.807, 2.05) is 12.1 Å². The Kier molecular flexibility index (Phi) is 7.07. The van der Waals surface area contributed by atoms with Crippen LogP contribution >= 0.6 is 0 Å². The van der Waals surface area contributed by atoms with E-state index in [9.17, 15) is 9.18 Å². The SMILES string of the molecule is C=CC(=O)Nc1cccc(Cc2nc(Nc3ccc4c(c3)CN(CCOC)C4)ncc2F)c1. The second-order valence-corrected chi connectivity index (χ2v) is 7.87. The largest absolute Gasteiger partial charge is 0.383 e. The van der Waals surface area contributed by atoms with Crippen LogP contribution in [0, 0.1) is 5.82 Å². The molecule has 170 valence electrons. The maximum atomic E-state index is 14.4. The Bertz CT molecular complexity index is 1170. The van der Waals surface area contributed by atoms with E-state index >= 15 is 0 Å². The third-order valence-corrected chi connectivity index (χ3v) is 5.43. The van der Waals surface area contributed by atoms with Gasteiger partial charge in [-0.3, -0.25) is 9.69 Å². The van der Waals surface area contributed by atoms with Gasteiger partial charge < -0.3 is 15.4 Å². The Morgan fingerprint density at radius 2 is 2.06 bits per heavy atom. The lowest BCUT2D eigenvalue weighted by molar-refractivity contribution is -0.111. The van der Waals surface area contributed by atoms with Crippen LogP contribution in [0.3, 0.4) is 0 Å². The smallest absolute Gasteiger partial charge is 0.247 e. The van der Waals surface area contributed by atoms with E-state index in [1.165, 1.54) is 23.4 Å². The van der Waals surface area contributed by atoms with Crippen LogP contribution in [-0.2, 0) is 29.0 Å². The lowest BCUT2D eigenvalue weighted by Crippen LogP contribution is -2.21. The number of aromatic nitrogens is 2. The quantitative estimate of drug-likeness (QED) is 0.482. The molecule has 33 heavy (non-hydrogen) atoms. The number of carbonyl (C=O) groups is 1. The lowest BCUT2D eigenvalue weighted by Gasteiger charge is -2.13. The Labute approximate surface area is 192 Å². The molecule has 7 nitrogen and oxygen atoms in total. The van der Waals surface area contributed by atoms with Gasteiger partial charge in [0.2, 0.25) is 11.9 Å². The molecule has 0 saturated carbocycles. The zero-order valence-corrected chi connectivity index (χ0v) is 18.5. The molecule has 2 aromatic carbocycles. The first-order chi connectivity index (χ1) is 16.0. The molecule has 0 bridgehead atoms. The standard InChI is InChI=1S/C25H26FN5O2/c1-3-24(32)28-20-6-4-5-17(11-20)12-23-22(26)14-27-25(30-23)29-21-8-7-18-15-31(9-10-33-2)16-19(18)13-21/h3-8,11,13-14H,1,9-10,12,15-16H2,2H3,(H,28,32)(H,27,29,30). The summed E-state index contributed by atoms with van der Waals surface area (Å²) in [6.07, 6.45) is 2.64. The number of hydrogen-bond donors (Lipinski definition) is 2. The summed E-state index contributed by atoms with van der Waals surface area (Å²) in [7, 11) is 1.71. The van der Waals surface area contributed by atoms with Gasteiger partial charge in [0.1, 0.15) is 0 Å². The fourth-order valence-corrected chi connectivity index (χ4v) is 3.78. The second kappa shape index (κ2) is 10.3. The van der Waals surface area contributed by atoms with Crippen LogP contribution in [0.1, 0.15) is 22.4 Å². The summed E-state index contributed by atoms with van der Waals surface area (Å²) in [4.78, 5) is 22.4. The number of benzene rings is 2. The molecule has 3 aromatic rings. The minimum absolute atomic E-state index is 0.263. The van der Waals surface area contributed by atoms with E-state index in [-0.39, 0.29) is 18.0 Å². The number of rotatable bonds is 9. The Morgan fingerprint density at radius 3 is 2.88 bits per heavy atom. The van der Waals surface area contributed by atoms with Crippen molar-refractivity contribution in [2.75, 3.05) is 30.9 Å². The van der Waals surface area contributed by atoms with Gasteiger partial charge in [0.15, 0.2) is 5.82 Å². The van der Waals surface area contributed by atoms with Crippen molar-refractivity contribution >= 4 is 23.2 Å². The van der Waals surface area contributed by atoms with Gasteiger partial charge in [0, 0.05) is 44.5 Å². The zero-order valence-electron chi connectivity index (χ0n) is 18.5. The molecule has 0 spiro atoms. The van der Waals surface area contributed by atoms with E-state index < -0.39 is 5.82 Å². The number of ether oxygens (including phenoxy) is 1. The van der Waals surface area contributed by atoms with Gasteiger partial charge in [-0.05, 0) is 47.0 Å². The van der Waals surface area contributed by atoms with Crippen LogP contribution in [0.2, 0.25) is 0 Å². The number of halogens is 1. The van der Waals surface area contributed by atoms with Crippen molar-refractivity contribution in [3.63, 3.8) is 0 Å². The number of methoxy groups -OCH3 is 1. The van der Waals surface area contributed by atoms with Crippen LogP contribution in [0.5, 0.6) is 0 Å². The number of amides is 1. The molecule has 0 radical (unpaired) electrons. The number of nitrogens with zero attached hydrogens (tertiary/aromatic N) is 3. The van der Waals surface area contributed by atoms with E-state index in [4.69, 9.17) is 4.74 Å². The van der Waals surface area contributed by atoms with Crippen molar-refractivity contribution in [3.8, 4) is 0 Å². The highest BCUT2D eigenvalue weighted by molar-refractivity contribution is 5.98. The molecule has 0 fully saturated rings. The molecule has 0 aliphatic carbocycles. The van der Waals surface area contributed by atoms with Gasteiger partial charge in [-0.15, -0.1) is 0 Å². The van der Waals surface area contributed by atoms with Crippen molar-refractivity contribution in [2.24, 2.45) is 0 Å². The third kappa shape index (κ3) is 5.79. The molecule has 8 heteroatoms. The Balaban J connectivity index is 1.46. The third-order valence-electron chi connectivity index (χ3n) is 5.43. The van der Waals surface area contributed by atoms with Crippen LogP contribution in [0.25, 0.3) is 0 Å². The number of carbonyl (C=O) groups excluding carboxylic acids is 1. The minimum atomic E-state index is -0.483. The first-order valence-corrected chi connectivity index (χ1v) is 10.7. The summed E-state index contributed by atoms with van der Waals surface area (Å²) < 4.78 is 19.6. The summed E-state index contributed by atoms with van der Waals surface area (Å²) in [6, 6.07) is 13.4. The minimum Gasteiger partial charge on any atom is -0.383 e. The average Bonchev–Trinajstić information content (AvgIpc) is 3.22. The van der Waals surface area contributed by atoms with Crippen molar-refractivity contribution in [1.29, 1.82) is 0 Å². The second-order valence-electron chi connectivity index (χ2n) is 7.87. The van der Waals surface area contributed by atoms with Crippen molar-refractivity contribution < 1.29 is 13.9 Å². The highest BCUT2D eigenvalue weighted by Crippen LogP contribution is 2.27. The summed E-state index contributed by atoms with van der Waals surface area (Å²) in [5.41, 5.74) is 5.09. The van der Waals surface area contributed by atoms with E-state index in [1.54, 1.807) is 25.3 Å². The predicted molar refractivity (Wildman–Crippen MR) is 126 cm³/mol. The molecule has 4 rings (SSSR count). The van der Waals surface area contributed by atoms with E-state index in [0.29, 0.717) is 18.2 Å². The zero-order chi connectivity index (χ0) is 23.2. The molecule has 0 saturated heterocycles. The van der Waals surface area contributed by atoms with Crippen LogP contribution in [-0.4, -0.2) is 41.0 Å². The molecule has 1 amide bonds. The van der Waals surface area contributed by atoms with Crippen molar-refractivity contribution in [2.45, 2.75) is 19.5 Å². The van der Waals surface area contributed by atoms with Crippen LogP contribution in [0.15, 0.2) is 61.3 Å². The fraction of sp³-hybridized carbons (Fsp3) is 0.240.